The van der Waals surface area contributed by atoms with Crippen molar-refractivity contribution in [3.8, 4) is 11.3 Å². The van der Waals surface area contributed by atoms with E-state index in [4.69, 9.17) is 22.1 Å². The van der Waals surface area contributed by atoms with Crippen LogP contribution in [-0.2, 0) is 10.9 Å². The van der Waals surface area contributed by atoms with E-state index in [2.05, 4.69) is 9.98 Å². The van der Waals surface area contributed by atoms with Crippen LogP contribution in [-0.4, -0.2) is 17.8 Å². The van der Waals surface area contributed by atoms with Gasteiger partial charge in [-0.1, -0.05) is 24.9 Å². The molecule has 0 bridgehead atoms. The molecule has 0 aliphatic carbocycles. The van der Waals surface area contributed by atoms with Gasteiger partial charge < -0.3 is 10.5 Å². The number of ether oxygens (including phenoxy) is 1. The van der Waals surface area contributed by atoms with E-state index in [9.17, 15) is 13.2 Å². The SMILES string of the molecule is CCC/C=C(/N=C(/C)c1c(C)c(F)c(-c2nc(N)cc(C)c2C(F)(F)F)c(Cl)c1C)OC. The number of aliphatic imine (C=N–C) groups is 1. The Kier molecular flexibility index (Phi) is 7.93. The number of nitrogen functional groups attached to an aromatic ring is 1. The molecule has 0 aliphatic rings. The fourth-order valence-electron chi connectivity index (χ4n) is 3.62. The molecule has 2 aromatic rings. The van der Waals surface area contributed by atoms with Gasteiger partial charge in [0, 0.05) is 11.3 Å². The Morgan fingerprint density at radius 3 is 2.41 bits per heavy atom. The maximum atomic E-state index is 15.6. The van der Waals surface area contributed by atoms with Crippen molar-refractivity contribution in [2.45, 2.75) is 53.6 Å². The Hall–Kier alpha value is -2.61. The Morgan fingerprint density at radius 2 is 1.88 bits per heavy atom. The number of alkyl halides is 3. The van der Waals surface area contributed by atoms with Gasteiger partial charge in [0.1, 0.15) is 11.6 Å². The summed E-state index contributed by atoms with van der Waals surface area (Å²) in [6, 6.07) is 1.10. The van der Waals surface area contributed by atoms with E-state index < -0.39 is 28.8 Å². The van der Waals surface area contributed by atoms with E-state index in [-0.39, 0.29) is 22.0 Å². The zero-order chi connectivity index (χ0) is 24.4. The number of hydrogen-bond donors (Lipinski definition) is 1. The van der Waals surface area contributed by atoms with Crippen LogP contribution in [0.2, 0.25) is 5.02 Å². The fraction of sp³-hybridized carbons (Fsp3) is 0.391. The smallest absolute Gasteiger partial charge is 0.418 e. The summed E-state index contributed by atoms with van der Waals surface area (Å²) in [6.07, 6.45) is -1.34. The topological polar surface area (TPSA) is 60.5 Å². The van der Waals surface area contributed by atoms with Crippen LogP contribution in [0, 0.1) is 26.6 Å². The van der Waals surface area contributed by atoms with Crippen LogP contribution in [0.4, 0.5) is 23.4 Å². The normalized spacial score (nSPS) is 13.0. The molecule has 1 heterocycles. The third kappa shape index (κ3) is 5.06. The Labute approximate surface area is 190 Å². The average Bonchev–Trinajstić information content (AvgIpc) is 2.68. The number of methoxy groups -OCH3 is 1. The van der Waals surface area contributed by atoms with Crippen molar-refractivity contribution in [2.24, 2.45) is 4.99 Å². The van der Waals surface area contributed by atoms with Gasteiger partial charge in [0.2, 0.25) is 5.88 Å². The molecule has 0 unspecified atom stereocenters. The summed E-state index contributed by atoms with van der Waals surface area (Å²) in [5, 5.41) is -0.183. The summed E-state index contributed by atoms with van der Waals surface area (Å²) in [4.78, 5) is 8.23. The number of unbranched alkanes of at least 4 members (excludes halogenated alkanes) is 1. The van der Waals surface area contributed by atoms with Gasteiger partial charge in [-0.3, -0.25) is 0 Å². The van der Waals surface area contributed by atoms with Crippen LogP contribution in [0.15, 0.2) is 23.0 Å². The maximum Gasteiger partial charge on any atom is 0.418 e. The fourth-order valence-corrected chi connectivity index (χ4v) is 3.89. The van der Waals surface area contributed by atoms with Crippen molar-refractivity contribution in [1.82, 2.24) is 4.98 Å². The minimum Gasteiger partial charge on any atom is -0.481 e. The number of nitrogens with two attached hydrogens (primary N) is 1. The summed E-state index contributed by atoms with van der Waals surface area (Å²) in [5.74, 6) is -0.718. The van der Waals surface area contributed by atoms with Crippen LogP contribution in [0.5, 0.6) is 0 Å². The maximum absolute atomic E-state index is 15.6. The molecule has 2 rings (SSSR count). The second-order valence-electron chi connectivity index (χ2n) is 7.45. The molecule has 9 heteroatoms. The van der Waals surface area contributed by atoms with Crippen LogP contribution >= 0.6 is 11.6 Å². The molecule has 174 valence electrons. The lowest BCUT2D eigenvalue weighted by molar-refractivity contribution is -0.137. The number of anilines is 1. The molecular weight excluding hydrogens is 446 g/mol. The highest BCUT2D eigenvalue weighted by Crippen LogP contribution is 2.44. The first-order chi connectivity index (χ1) is 14.8. The molecule has 0 saturated carbocycles. The molecule has 0 aliphatic heterocycles. The quantitative estimate of drug-likeness (QED) is 0.276. The van der Waals surface area contributed by atoms with Gasteiger partial charge in [0.15, 0.2) is 0 Å². The number of nitrogens with zero attached hydrogens (tertiary/aromatic N) is 2. The van der Waals surface area contributed by atoms with Crippen LogP contribution in [0.3, 0.4) is 0 Å². The standard InChI is InChI=1S/C23H26ClF4N3O/c1-7-8-9-16(32-6)30-14(5)17-12(3)20(24)18(21(25)13(17)4)22-19(23(26,27)28)11(2)10-15(29)31-22/h9-10H,7-8H2,1-6H3,(H2,29,31)/b16-9-,30-14-. The average molecular weight is 472 g/mol. The third-order valence-electron chi connectivity index (χ3n) is 5.06. The number of allylic oxidation sites excluding steroid dienone is 1. The molecule has 1 aromatic carbocycles. The van der Waals surface area contributed by atoms with Crippen molar-refractivity contribution >= 4 is 23.1 Å². The Bertz CT molecular complexity index is 1060. The zero-order valence-electron chi connectivity index (χ0n) is 18.8. The lowest BCUT2D eigenvalue weighted by Crippen LogP contribution is -2.14. The number of rotatable bonds is 6. The minimum absolute atomic E-state index is 0.101. The third-order valence-corrected chi connectivity index (χ3v) is 5.53. The minimum atomic E-state index is -4.77. The molecule has 0 spiro atoms. The molecule has 0 atom stereocenters. The van der Waals surface area contributed by atoms with Gasteiger partial charge in [-0.05, 0) is 62.9 Å². The first-order valence-electron chi connectivity index (χ1n) is 9.97. The summed E-state index contributed by atoms with van der Waals surface area (Å²) in [7, 11) is 1.47. The van der Waals surface area contributed by atoms with Crippen molar-refractivity contribution in [1.29, 1.82) is 0 Å². The van der Waals surface area contributed by atoms with E-state index in [1.165, 1.54) is 21.0 Å². The highest BCUT2D eigenvalue weighted by atomic mass is 35.5. The lowest BCUT2D eigenvalue weighted by Gasteiger charge is -2.21. The zero-order valence-corrected chi connectivity index (χ0v) is 19.6. The number of hydrogen-bond acceptors (Lipinski definition) is 4. The molecule has 0 fully saturated rings. The number of halogens is 5. The summed E-state index contributed by atoms with van der Waals surface area (Å²) >= 11 is 6.45. The second-order valence-corrected chi connectivity index (χ2v) is 7.82. The number of pyridine rings is 1. The monoisotopic (exact) mass is 471 g/mol. The van der Waals surface area contributed by atoms with Crippen molar-refractivity contribution < 1.29 is 22.3 Å². The molecule has 32 heavy (non-hydrogen) atoms. The predicted molar refractivity (Wildman–Crippen MR) is 120 cm³/mol. The van der Waals surface area contributed by atoms with Crippen molar-refractivity contribution in [3.63, 3.8) is 0 Å². The van der Waals surface area contributed by atoms with Gasteiger partial charge in [-0.2, -0.15) is 13.2 Å². The van der Waals surface area contributed by atoms with Gasteiger partial charge in [-0.15, -0.1) is 0 Å². The van der Waals surface area contributed by atoms with Crippen LogP contribution in [0.1, 0.15) is 54.5 Å². The van der Waals surface area contributed by atoms with E-state index in [1.54, 1.807) is 19.9 Å². The predicted octanol–water partition coefficient (Wildman–Crippen LogP) is 7.16. The molecule has 1 aromatic heterocycles. The summed E-state index contributed by atoms with van der Waals surface area (Å²) in [6.45, 7) is 7.97. The lowest BCUT2D eigenvalue weighted by atomic mass is 9.91. The molecule has 0 radical (unpaired) electrons. The van der Waals surface area contributed by atoms with Gasteiger partial charge >= 0.3 is 6.18 Å². The summed E-state index contributed by atoms with van der Waals surface area (Å²) < 4.78 is 62.2. The summed E-state index contributed by atoms with van der Waals surface area (Å²) in [5.41, 5.74) is 4.67. The van der Waals surface area contributed by atoms with E-state index in [1.807, 2.05) is 6.92 Å². The molecular formula is C23H26ClF4N3O. The second kappa shape index (κ2) is 9.90. The molecule has 0 amide bonds. The first-order valence-corrected chi connectivity index (χ1v) is 10.3. The van der Waals surface area contributed by atoms with Gasteiger partial charge in [-0.25, -0.2) is 14.4 Å². The molecule has 4 nitrogen and oxygen atoms in total. The van der Waals surface area contributed by atoms with Crippen LogP contribution < -0.4 is 5.73 Å². The largest absolute Gasteiger partial charge is 0.481 e. The van der Waals surface area contributed by atoms with E-state index >= 15 is 4.39 Å². The van der Waals surface area contributed by atoms with Gasteiger partial charge in [0.05, 0.1) is 29.0 Å². The first kappa shape index (κ1) is 25.6. The highest BCUT2D eigenvalue weighted by Gasteiger charge is 2.38. The van der Waals surface area contributed by atoms with Crippen LogP contribution in [0.25, 0.3) is 11.3 Å². The molecule has 2 N–H and O–H groups in total. The highest BCUT2D eigenvalue weighted by molar-refractivity contribution is 6.34. The number of aromatic nitrogens is 1. The number of aryl methyl sites for hydroxylation is 1. The van der Waals surface area contributed by atoms with Crippen molar-refractivity contribution in [2.75, 3.05) is 12.8 Å². The Morgan fingerprint density at radius 1 is 1.25 bits per heavy atom. The molecule has 0 saturated heterocycles. The van der Waals surface area contributed by atoms with Crippen molar-refractivity contribution in [3.05, 3.63) is 56.7 Å². The van der Waals surface area contributed by atoms with E-state index in [0.717, 1.165) is 18.9 Å². The Balaban J connectivity index is 2.84. The van der Waals surface area contributed by atoms with E-state index in [0.29, 0.717) is 22.7 Å². The number of benzene rings is 1. The van der Waals surface area contributed by atoms with Gasteiger partial charge in [0.25, 0.3) is 0 Å².